The molecule has 0 atom stereocenters. The van der Waals surface area contributed by atoms with Gasteiger partial charge in [-0.15, -0.1) is 0 Å². The predicted molar refractivity (Wildman–Crippen MR) is 74.8 cm³/mol. The zero-order valence-corrected chi connectivity index (χ0v) is 11.0. The van der Waals surface area contributed by atoms with Gasteiger partial charge in [-0.05, 0) is 29.3 Å². The van der Waals surface area contributed by atoms with Crippen LogP contribution in [0.4, 0.5) is 4.79 Å². The topological polar surface area (TPSA) is 54.0 Å². The van der Waals surface area contributed by atoms with Gasteiger partial charge in [0.15, 0.2) is 0 Å². The van der Waals surface area contributed by atoms with E-state index in [-0.39, 0.29) is 6.03 Å². The Labute approximate surface area is 116 Å². The molecule has 2 rings (SSSR count). The lowest BCUT2D eigenvalue weighted by Crippen LogP contribution is -2.34. The van der Waals surface area contributed by atoms with Crippen LogP contribution in [0.1, 0.15) is 11.1 Å². The van der Waals surface area contributed by atoms with Crippen LogP contribution in [-0.4, -0.2) is 11.0 Å². The average molecular weight is 276 g/mol. The van der Waals surface area contributed by atoms with E-state index >= 15 is 0 Å². The van der Waals surface area contributed by atoms with Crippen LogP contribution in [0.25, 0.3) is 0 Å². The van der Waals surface area contributed by atoms with E-state index in [0.29, 0.717) is 18.1 Å². The van der Waals surface area contributed by atoms with E-state index in [1.54, 1.807) is 18.5 Å². The quantitative estimate of drug-likeness (QED) is 0.901. The van der Waals surface area contributed by atoms with Gasteiger partial charge in [0.05, 0.1) is 0 Å². The number of rotatable bonds is 4. The summed E-state index contributed by atoms with van der Waals surface area (Å²) in [5, 5.41) is 6.19. The molecule has 1 heterocycles. The van der Waals surface area contributed by atoms with Crippen LogP contribution >= 0.6 is 11.6 Å². The van der Waals surface area contributed by atoms with E-state index in [9.17, 15) is 4.79 Å². The van der Waals surface area contributed by atoms with E-state index in [0.717, 1.165) is 11.1 Å². The molecule has 0 aliphatic carbocycles. The van der Waals surface area contributed by atoms with Crippen LogP contribution in [0.2, 0.25) is 5.02 Å². The lowest BCUT2D eigenvalue weighted by Gasteiger charge is -2.07. The molecule has 2 aromatic rings. The Balaban J connectivity index is 1.76. The molecule has 0 unspecified atom stereocenters. The normalized spacial score (nSPS) is 9.95. The molecule has 2 N–H and O–H groups in total. The third-order valence-electron chi connectivity index (χ3n) is 2.52. The Morgan fingerprint density at radius 2 is 1.84 bits per heavy atom. The third kappa shape index (κ3) is 4.60. The minimum absolute atomic E-state index is 0.219. The highest BCUT2D eigenvalue weighted by molar-refractivity contribution is 6.30. The fourth-order valence-corrected chi connectivity index (χ4v) is 1.79. The van der Waals surface area contributed by atoms with E-state index in [2.05, 4.69) is 15.6 Å². The molecule has 19 heavy (non-hydrogen) atoms. The molecule has 0 saturated heterocycles. The van der Waals surface area contributed by atoms with Gasteiger partial charge < -0.3 is 10.6 Å². The van der Waals surface area contributed by atoms with Crippen molar-refractivity contribution in [2.24, 2.45) is 0 Å². The standard InChI is InChI=1S/C14H14ClN3O/c15-13-5-1-3-11(7-13)9-17-14(19)18-10-12-4-2-6-16-8-12/h1-8H,9-10H2,(H2,17,18,19). The van der Waals surface area contributed by atoms with Crippen molar-refractivity contribution in [2.75, 3.05) is 0 Å². The van der Waals surface area contributed by atoms with E-state index in [4.69, 9.17) is 11.6 Å². The van der Waals surface area contributed by atoms with Crippen LogP contribution in [0, 0.1) is 0 Å². The molecule has 98 valence electrons. The van der Waals surface area contributed by atoms with Crippen molar-refractivity contribution in [3.8, 4) is 0 Å². The van der Waals surface area contributed by atoms with Crippen molar-refractivity contribution in [1.82, 2.24) is 15.6 Å². The number of nitrogens with one attached hydrogen (secondary N) is 2. The maximum Gasteiger partial charge on any atom is 0.315 e. The summed E-state index contributed by atoms with van der Waals surface area (Å²) in [4.78, 5) is 15.6. The highest BCUT2D eigenvalue weighted by Crippen LogP contribution is 2.10. The van der Waals surface area contributed by atoms with E-state index in [1.807, 2.05) is 30.3 Å². The molecular formula is C14H14ClN3O. The van der Waals surface area contributed by atoms with Gasteiger partial charge in [0.2, 0.25) is 0 Å². The number of amides is 2. The molecule has 0 radical (unpaired) electrons. The predicted octanol–water partition coefficient (Wildman–Crippen LogP) is 2.73. The second kappa shape index (κ2) is 6.75. The number of carbonyl (C=O) groups is 1. The van der Waals surface area contributed by atoms with Gasteiger partial charge in [0, 0.05) is 30.5 Å². The number of carbonyl (C=O) groups excluding carboxylic acids is 1. The van der Waals surface area contributed by atoms with E-state index < -0.39 is 0 Å². The van der Waals surface area contributed by atoms with Crippen molar-refractivity contribution >= 4 is 17.6 Å². The summed E-state index contributed by atoms with van der Waals surface area (Å²) < 4.78 is 0. The Kier molecular flexibility index (Phi) is 4.75. The third-order valence-corrected chi connectivity index (χ3v) is 2.75. The summed E-state index contributed by atoms with van der Waals surface area (Å²) >= 11 is 5.87. The first-order valence-electron chi connectivity index (χ1n) is 5.89. The summed E-state index contributed by atoms with van der Waals surface area (Å²) in [6, 6.07) is 10.9. The van der Waals surface area contributed by atoms with Crippen molar-refractivity contribution in [2.45, 2.75) is 13.1 Å². The van der Waals surface area contributed by atoms with Crippen LogP contribution in [0.5, 0.6) is 0 Å². The average Bonchev–Trinajstić information content (AvgIpc) is 2.44. The molecule has 0 bridgehead atoms. The van der Waals surface area contributed by atoms with Gasteiger partial charge in [-0.25, -0.2) is 4.79 Å². The lowest BCUT2D eigenvalue weighted by atomic mass is 10.2. The summed E-state index contributed by atoms with van der Waals surface area (Å²) in [7, 11) is 0. The zero-order valence-electron chi connectivity index (χ0n) is 10.3. The highest BCUT2D eigenvalue weighted by Gasteiger charge is 2.01. The summed E-state index contributed by atoms with van der Waals surface area (Å²) in [5.41, 5.74) is 1.92. The molecule has 1 aromatic heterocycles. The highest BCUT2D eigenvalue weighted by atomic mass is 35.5. The zero-order chi connectivity index (χ0) is 13.5. The Morgan fingerprint density at radius 1 is 1.11 bits per heavy atom. The molecule has 0 spiro atoms. The summed E-state index contributed by atoms with van der Waals surface area (Å²) in [6.45, 7) is 0.897. The van der Waals surface area contributed by atoms with Gasteiger partial charge in [0.25, 0.3) is 0 Å². The molecule has 5 heteroatoms. The molecule has 1 aromatic carbocycles. The molecule has 0 saturated carbocycles. The summed E-state index contributed by atoms with van der Waals surface area (Å²) in [5.74, 6) is 0. The lowest BCUT2D eigenvalue weighted by molar-refractivity contribution is 0.240. The first kappa shape index (κ1) is 13.4. The van der Waals surface area contributed by atoms with Gasteiger partial charge in [0.1, 0.15) is 0 Å². The van der Waals surface area contributed by atoms with Crippen LogP contribution in [0.15, 0.2) is 48.8 Å². The van der Waals surface area contributed by atoms with Crippen molar-refractivity contribution in [3.05, 3.63) is 64.9 Å². The SMILES string of the molecule is O=C(NCc1cccnc1)NCc1cccc(Cl)c1. The van der Waals surface area contributed by atoms with E-state index in [1.165, 1.54) is 0 Å². The number of halogens is 1. The molecule has 0 aliphatic rings. The molecule has 2 amide bonds. The van der Waals surface area contributed by atoms with Crippen LogP contribution < -0.4 is 10.6 Å². The van der Waals surface area contributed by atoms with Gasteiger partial charge >= 0.3 is 6.03 Å². The van der Waals surface area contributed by atoms with Gasteiger partial charge in [-0.3, -0.25) is 4.98 Å². The number of pyridine rings is 1. The number of hydrogen-bond donors (Lipinski definition) is 2. The fraction of sp³-hybridized carbons (Fsp3) is 0.143. The van der Waals surface area contributed by atoms with Gasteiger partial charge in [-0.2, -0.15) is 0 Å². The second-order valence-electron chi connectivity index (χ2n) is 4.03. The minimum atomic E-state index is -0.219. The van der Waals surface area contributed by atoms with Crippen molar-refractivity contribution < 1.29 is 4.79 Å². The Morgan fingerprint density at radius 3 is 2.53 bits per heavy atom. The van der Waals surface area contributed by atoms with Crippen LogP contribution in [-0.2, 0) is 13.1 Å². The fourth-order valence-electron chi connectivity index (χ4n) is 1.58. The van der Waals surface area contributed by atoms with Crippen molar-refractivity contribution in [1.29, 1.82) is 0 Å². The minimum Gasteiger partial charge on any atom is -0.334 e. The first-order chi connectivity index (χ1) is 9.24. The van der Waals surface area contributed by atoms with Crippen LogP contribution in [0.3, 0.4) is 0 Å². The maximum atomic E-state index is 11.6. The Hall–Kier alpha value is -2.07. The second-order valence-corrected chi connectivity index (χ2v) is 4.46. The number of urea groups is 1. The van der Waals surface area contributed by atoms with Gasteiger partial charge in [-0.1, -0.05) is 29.8 Å². The summed E-state index contributed by atoms with van der Waals surface area (Å²) in [6.07, 6.45) is 3.42. The number of hydrogen-bond acceptors (Lipinski definition) is 2. The monoisotopic (exact) mass is 275 g/mol. The number of aromatic nitrogens is 1. The number of benzene rings is 1. The largest absolute Gasteiger partial charge is 0.334 e. The molecule has 4 nitrogen and oxygen atoms in total. The molecule has 0 aliphatic heterocycles. The smallest absolute Gasteiger partial charge is 0.315 e. The molecule has 0 fully saturated rings. The molecular weight excluding hydrogens is 262 g/mol. The van der Waals surface area contributed by atoms with Crippen molar-refractivity contribution in [3.63, 3.8) is 0 Å². The Bertz CT molecular complexity index is 545. The number of nitrogens with zero attached hydrogens (tertiary/aromatic N) is 1. The first-order valence-corrected chi connectivity index (χ1v) is 6.27. The maximum absolute atomic E-state index is 11.6.